The number of carbonyl (C=O) groups is 1. The second-order valence-electron chi connectivity index (χ2n) is 5.65. The fourth-order valence-electron chi connectivity index (χ4n) is 3.43. The first-order chi connectivity index (χ1) is 10.2. The minimum absolute atomic E-state index is 0.0566. The van der Waals surface area contributed by atoms with Crippen LogP contribution in [0.3, 0.4) is 0 Å². The number of amides is 1. The summed E-state index contributed by atoms with van der Waals surface area (Å²) < 4.78 is 10.6. The van der Waals surface area contributed by atoms with Crippen LogP contribution in [0.4, 0.5) is 0 Å². The van der Waals surface area contributed by atoms with Gasteiger partial charge in [0.15, 0.2) is 11.5 Å². The van der Waals surface area contributed by atoms with Gasteiger partial charge in [-0.25, -0.2) is 0 Å². The largest absolute Gasteiger partial charge is 0.454 e. The quantitative estimate of drug-likeness (QED) is 0.921. The van der Waals surface area contributed by atoms with Crippen molar-refractivity contribution in [3.8, 4) is 11.5 Å². The molecular weight excluding hydrogens is 268 g/mol. The van der Waals surface area contributed by atoms with Gasteiger partial charge in [0, 0.05) is 18.2 Å². The summed E-state index contributed by atoms with van der Waals surface area (Å²) in [6.07, 6.45) is 3.32. The molecule has 21 heavy (non-hydrogen) atoms. The summed E-state index contributed by atoms with van der Waals surface area (Å²) in [6.45, 7) is 3.60. The molecule has 1 amide bonds. The van der Waals surface area contributed by atoms with Gasteiger partial charge in [0.1, 0.15) is 0 Å². The van der Waals surface area contributed by atoms with Gasteiger partial charge in [0.2, 0.25) is 6.79 Å². The summed E-state index contributed by atoms with van der Waals surface area (Å²) in [7, 11) is 0. The molecule has 2 atom stereocenters. The molecule has 3 rings (SSSR count). The topological polar surface area (TPSA) is 64.8 Å². The van der Waals surface area contributed by atoms with Crippen LogP contribution in [0.5, 0.6) is 11.5 Å². The molecule has 2 N–H and O–H groups in total. The van der Waals surface area contributed by atoms with E-state index in [2.05, 4.69) is 0 Å². The van der Waals surface area contributed by atoms with Crippen molar-refractivity contribution < 1.29 is 14.3 Å². The highest BCUT2D eigenvalue weighted by Gasteiger charge is 2.33. The maximum absolute atomic E-state index is 12.8. The smallest absolute Gasteiger partial charge is 0.254 e. The Balaban J connectivity index is 1.82. The number of carbonyl (C=O) groups excluding carboxylic acids is 1. The fourth-order valence-corrected chi connectivity index (χ4v) is 3.43. The summed E-state index contributed by atoms with van der Waals surface area (Å²) in [5.74, 6) is 1.83. The first-order valence-corrected chi connectivity index (χ1v) is 7.65. The Morgan fingerprint density at radius 2 is 2.14 bits per heavy atom. The van der Waals surface area contributed by atoms with E-state index in [-0.39, 0.29) is 18.7 Å². The molecule has 1 aliphatic heterocycles. The third kappa shape index (κ3) is 2.58. The number of nitrogens with two attached hydrogens (primary N) is 1. The summed E-state index contributed by atoms with van der Waals surface area (Å²) in [5.41, 5.74) is 6.51. The highest BCUT2D eigenvalue weighted by atomic mass is 16.7. The molecule has 1 aromatic rings. The first kappa shape index (κ1) is 14.2. The fraction of sp³-hybridized carbons (Fsp3) is 0.562. The molecule has 5 heteroatoms. The Hall–Kier alpha value is -1.75. The lowest BCUT2D eigenvalue weighted by Gasteiger charge is -2.32. The van der Waals surface area contributed by atoms with E-state index >= 15 is 0 Å². The van der Waals surface area contributed by atoms with E-state index in [1.54, 1.807) is 12.1 Å². The standard InChI is InChI=1S/C16H22N2O3/c1-2-18(13-5-3-4-12(13)9-17)16(19)11-6-7-14-15(8-11)21-10-20-14/h6-8,12-13H,2-5,9-10,17H2,1H3. The molecule has 114 valence electrons. The number of rotatable bonds is 4. The van der Waals surface area contributed by atoms with Crippen molar-refractivity contribution in [2.24, 2.45) is 11.7 Å². The molecule has 1 saturated carbocycles. The Morgan fingerprint density at radius 1 is 1.33 bits per heavy atom. The van der Waals surface area contributed by atoms with E-state index in [0.29, 0.717) is 36.1 Å². The van der Waals surface area contributed by atoms with Gasteiger partial charge in [-0.2, -0.15) is 0 Å². The molecule has 2 aliphatic rings. The molecule has 0 radical (unpaired) electrons. The second-order valence-corrected chi connectivity index (χ2v) is 5.65. The average Bonchev–Trinajstić information content (AvgIpc) is 3.15. The molecule has 1 heterocycles. The normalized spacial score (nSPS) is 23.3. The number of hydrogen-bond acceptors (Lipinski definition) is 4. The van der Waals surface area contributed by atoms with Crippen LogP contribution in [-0.2, 0) is 0 Å². The highest BCUT2D eigenvalue weighted by molar-refractivity contribution is 5.95. The molecule has 0 aromatic heterocycles. The SMILES string of the molecule is CCN(C(=O)c1ccc2c(c1)OCO2)C1CCCC1CN. The van der Waals surface area contributed by atoms with Crippen molar-refractivity contribution in [1.82, 2.24) is 4.90 Å². The molecule has 1 aliphatic carbocycles. The predicted octanol–water partition coefficient (Wildman–Crippen LogP) is 2.00. The molecule has 0 spiro atoms. The number of benzene rings is 1. The zero-order valence-corrected chi connectivity index (χ0v) is 12.4. The van der Waals surface area contributed by atoms with Gasteiger partial charge >= 0.3 is 0 Å². The van der Waals surface area contributed by atoms with Gasteiger partial charge in [-0.3, -0.25) is 4.79 Å². The third-order valence-corrected chi connectivity index (χ3v) is 4.54. The van der Waals surface area contributed by atoms with E-state index in [1.807, 2.05) is 17.9 Å². The molecule has 0 saturated heterocycles. The second kappa shape index (κ2) is 5.93. The van der Waals surface area contributed by atoms with Crippen LogP contribution in [0.15, 0.2) is 18.2 Å². The van der Waals surface area contributed by atoms with Crippen LogP contribution in [0.2, 0.25) is 0 Å². The molecule has 2 unspecified atom stereocenters. The van der Waals surface area contributed by atoms with Gasteiger partial charge in [0.05, 0.1) is 0 Å². The van der Waals surface area contributed by atoms with Crippen LogP contribution < -0.4 is 15.2 Å². The van der Waals surface area contributed by atoms with Crippen molar-refractivity contribution in [2.45, 2.75) is 32.2 Å². The Bertz CT molecular complexity index is 532. The lowest BCUT2D eigenvalue weighted by atomic mass is 10.0. The van der Waals surface area contributed by atoms with Gasteiger partial charge in [-0.05, 0) is 50.4 Å². The monoisotopic (exact) mass is 290 g/mol. The molecule has 0 bridgehead atoms. The molecule has 5 nitrogen and oxygen atoms in total. The van der Waals surface area contributed by atoms with E-state index in [9.17, 15) is 4.79 Å². The summed E-state index contributed by atoms with van der Waals surface area (Å²) >= 11 is 0. The summed E-state index contributed by atoms with van der Waals surface area (Å²) in [4.78, 5) is 14.8. The minimum atomic E-state index is 0.0566. The Labute approximate surface area is 125 Å². The first-order valence-electron chi connectivity index (χ1n) is 7.65. The zero-order chi connectivity index (χ0) is 14.8. The van der Waals surface area contributed by atoms with Crippen molar-refractivity contribution in [3.63, 3.8) is 0 Å². The number of nitrogens with zero attached hydrogens (tertiary/aromatic N) is 1. The van der Waals surface area contributed by atoms with Gasteiger partial charge in [-0.1, -0.05) is 6.42 Å². The predicted molar refractivity (Wildman–Crippen MR) is 79.5 cm³/mol. The van der Waals surface area contributed by atoms with E-state index in [4.69, 9.17) is 15.2 Å². The van der Waals surface area contributed by atoms with Crippen molar-refractivity contribution >= 4 is 5.91 Å². The lowest BCUT2D eigenvalue weighted by Crippen LogP contribution is -2.44. The average molecular weight is 290 g/mol. The molecular formula is C16H22N2O3. The number of ether oxygens (including phenoxy) is 2. The number of fused-ring (bicyclic) bond motifs is 1. The Kier molecular flexibility index (Phi) is 4.01. The van der Waals surface area contributed by atoms with Crippen molar-refractivity contribution in [2.75, 3.05) is 19.9 Å². The lowest BCUT2D eigenvalue weighted by molar-refractivity contribution is 0.0651. The maximum Gasteiger partial charge on any atom is 0.254 e. The highest BCUT2D eigenvalue weighted by Crippen LogP contribution is 2.34. The van der Waals surface area contributed by atoms with Gasteiger partial charge in [0.25, 0.3) is 5.91 Å². The van der Waals surface area contributed by atoms with E-state index < -0.39 is 0 Å². The molecule has 1 fully saturated rings. The summed E-state index contributed by atoms with van der Waals surface area (Å²) in [5, 5.41) is 0. The van der Waals surface area contributed by atoms with Crippen LogP contribution >= 0.6 is 0 Å². The number of hydrogen-bond donors (Lipinski definition) is 1. The van der Waals surface area contributed by atoms with Crippen LogP contribution in [0, 0.1) is 5.92 Å². The van der Waals surface area contributed by atoms with E-state index in [1.165, 1.54) is 0 Å². The third-order valence-electron chi connectivity index (χ3n) is 4.54. The van der Waals surface area contributed by atoms with Crippen LogP contribution in [-0.4, -0.2) is 36.7 Å². The summed E-state index contributed by atoms with van der Waals surface area (Å²) in [6, 6.07) is 5.65. The van der Waals surface area contributed by atoms with Crippen LogP contribution in [0.1, 0.15) is 36.5 Å². The van der Waals surface area contributed by atoms with Gasteiger partial charge in [-0.15, -0.1) is 0 Å². The van der Waals surface area contributed by atoms with Crippen molar-refractivity contribution in [1.29, 1.82) is 0 Å². The van der Waals surface area contributed by atoms with E-state index in [0.717, 1.165) is 19.3 Å². The van der Waals surface area contributed by atoms with Gasteiger partial charge < -0.3 is 20.1 Å². The zero-order valence-electron chi connectivity index (χ0n) is 12.4. The van der Waals surface area contributed by atoms with Crippen LogP contribution in [0.25, 0.3) is 0 Å². The molecule has 1 aromatic carbocycles. The Morgan fingerprint density at radius 3 is 2.90 bits per heavy atom. The minimum Gasteiger partial charge on any atom is -0.454 e. The van der Waals surface area contributed by atoms with Crippen molar-refractivity contribution in [3.05, 3.63) is 23.8 Å². The maximum atomic E-state index is 12.8.